The summed E-state index contributed by atoms with van der Waals surface area (Å²) in [6.45, 7) is 0. The highest BCUT2D eigenvalue weighted by Crippen LogP contribution is 2.07. The first-order valence-corrected chi connectivity index (χ1v) is 2.54. The Kier molecular flexibility index (Phi) is 1.14. The highest BCUT2D eigenvalue weighted by molar-refractivity contribution is 7.16. The molecule has 2 amide bonds. The molecule has 4 heteroatoms. The van der Waals surface area contributed by atoms with E-state index in [9.17, 15) is 9.59 Å². The molecule has 0 saturated carbocycles. The molecule has 0 aliphatic carbocycles. The molecule has 0 aromatic carbocycles. The van der Waals surface area contributed by atoms with Crippen LogP contribution in [0.15, 0.2) is 12.2 Å². The third-order valence-corrected chi connectivity index (χ3v) is 1.35. The predicted molar refractivity (Wildman–Crippen MR) is 30.7 cm³/mol. The van der Waals surface area contributed by atoms with Crippen LogP contribution < -0.4 is 0 Å². The molecule has 1 unspecified atom stereocenters. The van der Waals surface area contributed by atoms with Crippen LogP contribution in [0.3, 0.4) is 0 Å². The van der Waals surface area contributed by atoms with Gasteiger partial charge >= 0.3 is 0 Å². The Morgan fingerprint density at radius 2 is 1.62 bits per heavy atom. The molecule has 1 heterocycles. The van der Waals surface area contributed by atoms with Gasteiger partial charge in [-0.1, -0.05) is 0 Å². The summed E-state index contributed by atoms with van der Waals surface area (Å²) >= 11 is 0. The van der Waals surface area contributed by atoms with Crippen LogP contribution in [0, 0.1) is 0 Å². The summed E-state index contributed by atoms with van der Waals surface area (Å²) in [7, 11) is 2.02. The lowest BCUT2D eigenvalue weighted by molar-refractivity contribution is -0.130. The second-order valence-corrected chi connectivity index (χ2v) is 1.90. The van der Waals surface area contributed by atoms with E-state index in [4.69, 9.17) is 0 Å². The van der Waals surface area contributed by atoms with Gasteiger partial charge in [0.05, 0.1) is 0 Å². The molecule has 1 aliphatic heterocycles. The van der Waals surface area contributed by atoms with Crippen LogP contribution in [0.4, 0.5) is 0 Å². The van der Waals surface area contributed by atoms with Crippen molar-refractivity contribution in [2.75, 3.05) is 0 Å². The van der Waals surface area contributed by atoms with Gasteiger partial charge in [0.1, 0.15) is 0 Å². The molecular formula is C4H4NO2P. The molecular weight excluding hydrogens is 125 g/mol. The van der Waals surface area contributed by atoms with Gasteiger partial charge < -0.3 is 0 Å². The van der Waals surface area contributed by atoms with Crippen molar-refractivity contribution in [2.45, 2.75) is 0 Å². The number of carbonyl (C=O) groups excluding carboxylic acids is 2. The van der Waals surface area contributed by atoms with Gasteiger partial charge in [0.15, 0.2) is 0 Å². The molecule has 0 spiro atoms. The van der Waals surface area contributed by atoms with Gasteiger partial charge in [-0.25, -0.2) is 0 Å². The largest absolute Gasteiger partial charge is 0.269 e. The minimum absolute atomic E-state index is 0.278. The number of amides is 2. The van der Waals surface area contributed by atoms with Crippen molar-refractivity contribution in [2.24, 2.45) is 0 Å². The van der Waals surface area contributed by atoms with E-state index in [-0.39, 0.29) is 11.8 Å². The third kappa shape index (κ3) is 0.651. The molecule has 1 rings (SSSR count). The Morgan fingerprint density at radius 1 is 1.25 bits per heavy atom. The lowest BCUT2D eigenvalue weighted by Crippen LogP contribution is -2.17. The summed E-state index contributed by atoms with van der Waals surface area (Å²) in [5.74, 6) is -0.556. The zero-order valence-electron chi connectivity index (χ0n) is 4.00. The molecule has 0 bridgehead atoms. The second kappa shape index (κ2) is 1.67. The van der Waals surface area contributed by atoms with Gasteiger partial charge in [0, 0.05) is 12.2 Å². The van der Waals surface area contributed by atoms with Crippen molar-refractivity contribution < 1.29 is 9.59 Å². The minimum Gasteiger partial charge on any atom is -0.269 e. The minimum atomic E-state index is -0.278. The molecule has 42 valence electrons. The number of rotatable bonds is 0. The summed E-state index contributed by atoms with van der Waals surface area (Å²) in [5, 5.41) is 0. The fourth-order valence-electron chi connectivity index (χ4n) is 0.412. The molecule has 3 nitrogen and oxygen atoms in total. The zero-order valence-corrected chi connectivity index (χ0v) is 5.15. The van der Waals surface area contributed by atoms with Crippen molar-refractivity contribution in [1.29, 1.82) is 0 Å². The number of hydrogen-bond donors (Lipinski definition) is 0. The SMILES string of the molecule is O=C1C=CC(=O)N1P. The van der Waals surface area contributed by atoms with Gasteiger partial charge in [-0.05, 0) is 9.39 Å². The fourth-order valence-corrected chi connectivity index (χ4v) is 0.584. The van der Waals surface area contributed by atoms with Gasteiger partial charge in [0.25, 0.3) is 11.8 Å². The summed E-state index contributed by atoms with van der Waals surface area (Å²) in [5.41, 5.74) is 0. The van der Waals surface area contributed by atoms with Crippen molar-refractivity contribution in [3.63, 3.8) is 0 Å². The van der Waals surface area contributed by atoms with Crippen LogP contribution in [0.1, 0.15) is 0 Å². The Hall–Kier alpha value is -0.690. The van der Waals surface area contributed by atoms with Gasteiger partial charge in [-0.3, -0.25) is 14.3 Å². The third-order valence-electron chi connectivity index (χ3n) is 0.843. The highest BCUT2D eigenvalue weighted by Gasteiger charge is 2.17. The molecule has 0 saturated heterocycles. The number of carbonyl (C=O) groups is 2. The highest BCUT2D eigenvalue weighted by atomic mass is 31.0. The lowest BCUT2D eigenvalue weighted by Gasteiger charge is -2.01. The van der Waals surface area contributed by atoms with Crippen LogP contribution in [-0.4, -0.2) is 16.5 Å². The van der Waals surface area contributed by atoms with Gasteiger partial charge in [-0.2, -0.15) is 0 Å². The van der Waals surface area contributed by atoms with E-state index in [0.717, 1.165) is 4.67 Å². The van der Waals surface area contributed by atoms with E-state index in [1.165, 1.54) is 12.2 Å². The fraction of sp³-hybridized carbons (Fsp3) is 0. The molecule has 1 atom stereocenters. The second-order valence-electron chi connectivity index (χ2n) is 1.38. The average Bonchev–Trinajstić information content (AvgIpc) is 1.98. The first kappa shape index (κ1) is 5.45. The Morgan fingerprint density at radius 3 is 1.75 bits per heavy atom. The number of hydrogen-bond acceptors (Lipinski definition) is 2. The van der Waals surface area contributed by atoms with Gasteiger partial charge in [-0.15, -0.1) is 0 Å². The van der Waals surface area contributed by atoms with E-state index < -0.39 is 0 Å². The quantitative estimate of drug-likeness (QED) is 0.332. The van der Waals surface area contributed by atoms with Crippen LogP contribution in [0.5, 0.6) is 0 Å². The summed E-state index contributed by atoms with van der Waals surface area (Å²) in [4.78, 5) is 20.8. The van der Waals surface area contributed by atoms with Crippen LogP contribution >= 0.6 is 9.39 Å². The molecule has 0 aromatic heterocycles. The van der Waals surface area contributed by atoms with E-state index in [2.05, 4.69) is 0 Å². The molecule has 8 heavy (non-hydrogen) atoms. The maximum Gasteiger partial charge on any atom is 0.256 e. The lowest BCUT2D eigenvalue weighted by atomic mass is 10.6. The van der Waals surface area contributed by atoms with Crippen molar-refractivity contribution in [3.05, 3.63) is 12.2 Å². The van der Waals surface area contributed by atoms with E-state index in [0.29, 0.717) is 0 Å². The summed E-state index contributed by atoms with van der Waals surface area (Å²) in [6, 6.07) is 0. The molecule has 1 aliphatic rings. The van der Waals surface area contributed by atoms with Crippen LogP contribution in [-0.2, 0) is 9.59 Å². The first-order valence-electron chi connectivity index (χ1n) is 2.02. The monoisotopic (exact) mass is 129 g/mol. The smallest absolute Gasteiger partial charge is 0.256 e. The number of imide groups is 1. The van der Waals surface area contributed by atoms with Crippen molar-refractivity contribution in [1.82, 2.24) is 4.67 Å². The van der Waals surface area contributed by atoms with E-state index in [1.54, 1.807) is 0 Å². The first-order chi connectivity index (χ1) is 3.72. The molecule has 0 aromatic rings. The Bertz CT molecular complexity index is 157. The maximum atomic E-state index is 10.4. The summed E-state index contributed by atoms with van der Waals surface area (Å²) < 4.78 is 0.972. The topological polar surface area (TPSA) is 37.4 Å². The predicted octanol–water partition coefficient (Wildman–Crippen LogP) is -0.299. The zero-order chi connectivity index (χ0) is 6.15. The van der Waals surface area contributed by atoms with Crippen molar-refractivity contribution >= 4 is 21.2 Å². The van der Waals surface area contributed by atoms with E-state index >= 15 is 0 Å². The maximum absolute atomic E-state index is 10.4. The van der Waals surface area contributed by atoms with Crippen molar-refractivity contribution in [3.8, 4) is 0 Å². The van der Waals surface area contributed by atoms with Crippen LogP contribution in [0.2, 0.25) is 0 Å². The molecule has 0 N–H and O–H groups in total. The normalized spacial score (nSPS) is 18.4. The Balaban J connectivity index is 2.84. The molecule has 0 radical (unpaired) electrons. The molecule has 0 fully saturated rings. The van der Waals surface area contributed by atoms with Crippen LogP contribution in [0.25, 0.3) is 0 Å². The van der Waals surface area contributed by atoms with Gasteiger partial charge in [0.2, 0.25) is 0 Å². The Labute approximate surface area is 48.6 Å². The summed E-state index contributed by atoms with van der Waals surface area (Å²) in [6.07, 6.45) is 2.46. The average molecular weight is 129 g/mol. The standard InChI is InChI=1S/C4H4NO2P/c6-3-1-2-4(7)5(3)8/h1-2H,8H2. The number of nitrogens with zero attached hydrogens (tertiary/aromatic N) is 1. The van der Waals surface area contributed by atoms with E-state index in [1.807, 2.05) is 9.39 Å².